The summed E-state index contributed by atoms with van der Waals surface area (Å²) >= 11 is 6.13. The smallest absolute Gasteiger partial charge is 0.244 e. The highest BCUT2D eigenvalue weighted by molar-refractivity contribution is 7.89. The number of pyridine rings is 1. The molecule has 5 nitrogen and oxygen atoms in total. The molecule has 0 radical (unpaired) electrons. The molecule has 1 aliphatic rings. The van der Waals surface area contributed by atoms with E-state index >= 15 is 0 Å². The Morgan fingerprint density at radius 2 is 2.13 bits per heavy atom. The molecule has 2 aromatic rings. The number of hydrogen-bond donors (Lipinski definition) is 1. The molecule has 1 aromatic heterocycles. The normalized spacial score (nSPS) is 21.4. The molecule has 1 fully saturated rings. The Labute approximate surface area is 140 Å². The molecular formula is C16H19ClN2O3S. The van der Waals surface area contributed by atoms with E-state index in [4.69, 9.17) is 11.6 Å². The van der Waals surface area contributed by atoms with Gasteiger partial charge in [0, 0.05) is 18.1 Å². The zero-order valence-electron chi connectivity index (χ0n) is 12.8. The molecule has 1 N–H and O–H groups in total. The van der Waals surface area contributed by atoms with Gasteiger partial charge in [0.2, 0.25) is 10.0 Å². The van der Waals surface area contributed by atoms with Crippen LogP contribution in [0, 0.1) is 0 Å². The summed E-state index contributed by atoms with van der Waals surface area (Å²) in [5.41, 5.74) is 0.473. The molecule has 2 heterocycles. The van der Waals surface area contributed by atoms with Crippen molar-refractivity contribution < 1.29 is 13.5 Å². The first-order valence-corrected chi connectivity index (χ1v) is 9.48. The second kappa shape index (κ2) is 6.36. The predicted octanol–water partition coefficient (Wildman–Crippen LogP) is 2.81. The number of nitrogens with zero attached hydrogens (tertiary/aromatic N) is 2. The van der Waals surface area contributed by atoms with Crippen molar-refractivity contribution in [2.24, 2.45) is 0 Å². The van der Waals surface area contributed by atoms with Gasteiger partial charge in [-0.2, -0.15) is 4.31 Å². The summed E-state index contributed by atoms with van der Waals surface area (Å²) < 4.78 is 27.8. The van der Waals surface area contributed by atoms with Crippen molar-refractivity contribution in [3.05, 3.63) is 35.5 Å². The molecule has 3 rings (SSSR count). The number of rotatable bonds is 3. The molecular weight excluding hydrogens is 336 g/mol. The van der Waals surface area contributed by atoms with Crippen molar-refractivity contribution in [1.82, 2.24) is 9.29 Å². The van der Waals surface area contributed by atoms with E-state index in [9.17, 15) is 13.5 Å². The van der Waals surface area contributed by atoms with Crippen LogP contribution in [0.25, 0.3) is 10.9 Å². The van der Waals surface area contributed by atoms with E-state index in [2.05, 4.69) is 4.98 Å². The van der Waals surface area contributed by atoms with Gasteiger partial charge in [0.1, 0.15) is 0 Å². The highest BCUT2D eigenvalue weighted by atomic mass is 35.5. The third kappa shape index (κ3) is 2.96. The highest BCUT2D eigenvalue weighted by Gasteiger charge is 2.36. The second-order valence-corrected chi connectivity index (χ2v) is 8.13. The monoisotopic (exact) mass is 354 g/mol. The van der Waals surface area contributed by atoms with Crippen LogP contribution in [0.5, 0.6) is 0 Å². The van der Waals surface area contributed by atoms with Gasteiger partial charge >= 0.3 is 0 Å². The number of aliphatic hydroxyl groups is 1. The lowest BCUT2D eigenvalue weighted by molar-refractivity contribution is 0.0831. The summed E-state index contributed by atoms with van der Waals surface area (Å²) in [6.45, 7) is 2.06. The molecule has 23 heavy (non-hydrogen) atoms. The van der Waals surface area contributed by atoms with Gasteiger partial charge in [-0.25, -0.2) is 8.42 Å². The third-order valence-electron chi connectivity index (χ3n) is 4.32. The fourth-order valence-corrected chi connectivity index (χ4v) is 5.33. The zero-order chi connectivity index (χ0) is 16.6. The van der Waals surface area contributed by atoms with Crippen molar-refractivity contribution in [1.29, 1.82) is 0 Å². The molecule has 7 heteroatoms. The van der Waals surface area contributed by atoms with E-state index in [1.54, 1.807) is 31.3 Å². The fraction of sp³-hybridized carbons (Fsp3) is 0.438. The number of sulfonamides is 1. The van der Waals surface area contributed by atoms with Gasteiger partial charge in [-0.1, -0.05) is 18.0 Å². The molecule has 1 saturated heterocycles. The van der Waals surface area contributed by atoms with Crippen molar-refractivity contribution in [2.75, 3.05) is 6.54 Å². The molecule has 1 aliphatic heterocycles. The lowest BCUT2D eigenvalue weighted by atomic mass is 10.0. The minimum atomic E-state index is -3.72. The van der Waals surface area contributed by atoms with Gasteiger partial charge in [0.15, 0.2) is 0 Å². The standard InChI is InChI=1S/C16H19ClN2O3S/c1-11(20)14-6-2-3-10-19(14)23(21,22)15-8-7-13(17)16-12(15)5-4-9-18-16/h4-5,7-9,11,14,20H,2-3,6,10H2,1H3/t11-,14-/m1/s1. The molecule has 0 spiro atoms. The summed E-state index contributed by atoms with van der Waals surface area (Å²) in [7, 11) is -3.72. The first-order valence-electron chi connectivity index (χ1n) is 7.66. The lowest BCUT2D eigenvalue weighted by Gasteiger charge is -2.36. The van der Waals surface area contributed by atoms with Gasteiger partial charge in [0.25, 0.3) is 0 Å². The molecule has 124 valence electrons. The van der Waals surface area contributed by atoms with Crippen molar-refractivity contribution in [2.45, 2.75) is 43.2 Å². The Hall–Kier alpha value is -1.21. The summed E-state index contributed by atoms with van der Waals surface area (Å²) in [5.74, 6) is 0. The van der Waals surface area contributed by atoms with Crippen molar-refractivity contribution >= 4 is 32.5 Å². The SMILES string of the molecule is C[C@@H](O)[C@H]1CCCCN1S(=O)(=O)c1ccc(Cl)c2ncccc12. The van der Waals surface area contributed by atoms with Crippen LogP contribution in [0.3, 0.4) is 0 Å². The van der Waals surface area contributed by atoms with E-state index < -0.39 is 22.2 Å². The topological polar surface area (TPSA) is 70.5 Å². The lowest BCUT2D eigenvalue weighted by Crippen LogP contribution is -2.48. The minimum Gasteiger partial charge on any atom is -0.392 e. The van der Waals surface area contributed by atoms with E-state index in [0.717, 1.165) is 12.8 Å². The predicted molar refractivity (Wildman–Crippen MR) is 90.0 cm³/mol. The fourth-order valence-electron chi connectivity index (χ4n) is 3.17. The van der Waals surface area contributed by atoms with Crippen LogP contribution in [-0.2, 0) is 10.0 Å². The van der Waals surface area contributed by atoms with Crippen LogP contribution >= 0.6 is 11.6 Å². The molecule has 1 aromatic carbocycles. The number of fused-ring (bicyclic) bond motifs is 1. The van der Waals surface area contributed by atoms with Crippen LogP contribution in [0.15, 0.2) is 35.4 Å². The van der Waals surface area contributed by atoms with E-state index in [0.29, 0.717) is 28.9 Å². The maximum absolute atomic E-state index is 13.2. The van der Waals surface area contributed by atoms with E-state index in [-0.39, 0.29) is 4.90 Å². The number of piperidine rings is 1. The summed E-state index contributed by atoms with van der Waals surface area (Å²) in [6.07, 6.45) is 3.27. The maximum Gasteiger partial charge on any atom is 0.244 e. The summed E-state index contributed by atoms with van der Waals surface area (Å²) in [5, 5.41) is 10.9. The molecule has 0 amide bonds. The Morgan fingerprint density at radius 1 is 1.35 bits per heavy atom. The van der Waals surface area contributed by atoms with Crippen LogP contribution in [-0.4, -0.2) is 41.5 Å². The van der Waals surface area contributed by atoms with Crippen LogP contribution in [0.4, 0.5) is 0 Å². The highest BCUT2D eigenvalue weighted by Crippen LogP contribution is 2.33. The molecule has 0 unspecified atom stereocenters. The van der Waals surface area contributed by atoms with E-state index in [1.165, 1.54) is 10.4 Å². The summed E-state index contributed by atoms with van der Waals surface area (Å²) in [4.78, 5) is 4.38. The summed E-state index contributed by atoms with van der Waals surface area (Å²) in [6, 6.07) is 6.10. The Kier molecular flexibility index (Phi) is 4.60. The molecule has 0 aliphatic carbocycles. The van der Waals surface area contributed by atoms with Gasteiger partial charge in [0.05, 0.1) is 27.6 Å². The minimum absolute atomic E-state index is 0.192. The zero-order valence-corrected chi connectivity index (χ0v) is 14.4. The molecule has 0 bridgehead atoms. The third-order valence-corrected chi connectivity index (χ3v) is 6.61. The van der Waals surface area contributed by atoms with Gasteiger partial charge in [-0.3, -0.25) is 4.98 Å². The van der Waals surface area contributed by atoms with Crippen LogP contribution < -0.4 is 0 Å². The number of hydrogen-bond acceptors (Lipinski definition) is 4. The van der Waals surface area contributed by atoms with Gasteiger partial charge in [-0.05, 0) is 44.0 Å². The average Bonchev–Trinajstić information content (AvgIpc) is 2.55. The Bertz CT molecular complexity index is 823. The van der Waals surface area contributed by atoms with Crippen LogP contribution in [0.2, 0.25) is 5.02 Å². The van der Waals surface area contributed by atoms with Gasteiger partial charge < -0.3 is 5.11 Å². The second-order valence-electron chi connectivity index (χ2n) is 5.86. The average molecular weight is 355 g/mol. The Morgan fingerprint density at radius 3 is 2.87 bits per heavy atom. The number of aliphatic hydroxyl groups excluding tert-OH is 1. The number of aromatic nitrogens is 1. The van der Waals surface area contributed by atoms with Gasteiger partial charge in [-0.15, -0.1) is 0 Å². The van der Waals surface area contributed by atoms with E-state index in [1.807, 2.05) is 0 Å². The van der Waals surface area contributed by atoms with Crippen LogP contribution in [0.1, 0.15) is 26.2 Å². The maximum atomic E-state index is 13.2. The van der Waals surface area contributed by atoms with Crippen molar-refractivity contribution in [3.8, 4) is 0 Å². The first kappa shape index (κ1) is 16.6. The quantitative estimate of drug-likeness (QED) is 0.920. The number of benzene rings is 1. The first-order chi connectivity index (χ1) is 10.9. The van der Waals surface area contributed by atoms with Crippen molar-refractivity contribution in [3.63, 3.8) is 0 Å². The molecule has 2 atom stereocenters. The number of halogens is 1. The Balaban J connectivity index is 2.15. The molecule has 0 saturated carbocycles. The largest absolute Gasteiger partial charge is 0.392 e.